The van der Waals surface area contributed by atoms with E-state index >= 15 is 0 Å². The van der Waals surface area contributed by atoms with Crippen LogP contribution in [-0.2, 0) is 0 Å². The van der Waals surface area contributed by atoms with Gasteiger partial charge < -0.3 is 10.1 Å². The van der Waals surface area contributed by atoms with Gasteiger partial charge in [-0.2, -0.15) is 5.26 Å². The van der Waals surface area contributed by atoms with Crippen LogP contribution in [0.2, 0.25) is 0 Å². The second-order valence-electron chi connectivity index (χ2n) is 6.25. The fourth-order valence-corrected chi connectivity index (χ4v) is 2.28. The molecule has 1 rings (SSSR count). The predicted octanol–water partition coefficient (Wildman–Crippen LogP) is 4.37. The van der Waals surface area contributed by atoms with Gasteiger partial charge in [-0.15, -0.1) is 0 Å². The van der Waals surface area contributed by atoms with Gasteiger partial charge >= 0.3 is 0 Å². The van der Waals surface area contributed by atoms with Crippen molar-refractivity contribution in [3.63, 3.8) is 0 Å². The largest absolute Gasteiger partial charge is 0.493 e. The second-order valence-corrected chi connectivity index (χ2v) is 6.25. The molecule has 1 aromatic carbocycles. The highest BCUT2D eigenvalue weighted by Crippen LogP contribution is 2.24. The molecule has 1 N–H and O–H groups in total. The molecule has 0 bridgehead atoms. The van der Waals surface area contributed by atoms with Crippen molar-refractivity contribution < 1.29 is 4.74 Å². The maximum absolute atomic E-state index is 8.98. The Balaban J connectivity index is 2.52. The zero-order valence-corrected chi connectivity index (χ0v) is 14.0. The van der Waals surface area contributed by atoms with Crippen LogP contribution in [0.3, 0.4) is 0 Å². The maximum Gasteiger partial charge on any atom is 0.122 e. The summed E-state index contributed by atoms with van der Waals surface area (Å²) >= 11 is 0. The van der Waals surface area contributed by atoms with Crippen LogP contribution in [0, 0.1) is 23.7 Å². The van der Waals surface area contributed by atoms with Crippen LogP contribution in [0.25, 0.3) is 0 Å². The quantitative estimate of drug-likeness (QED) is 0.722. The second kappa shape index (κ2) is 8.05. The van der Waals surface area contributed by atoms with Crippen molar-refractivity contribution in [1.29, 1.82) is 5.26 Å². The van der Waals surface area contributed by atoms with E-state index in [1.807, 2.05) is 19.9 Å². The molecule has 1 unspecified atom stereocenters. The fraction of sp³-hybridized carbons (Fsp3) is 0.611. The van der Waals surface area contributed by atoms with Gasteiger partial charge in [0.1, 0.15) is 5.75 Å². The van der Waals surface area contributed by atoms with Gasteiger partial charge in [-0.3, -0.25) is 0 Å². The first-order chi connectivity index (χ1) is 9.89. The average molecular weight is 288 g/mol. The van der Waals surface area contributed by atoms with Gasteiger partial charge in [0.2, 0.25) is 0 Å². The van der Waals surface area contributed by atoms with E-state index < -0.39 is 0 Å². The molecule has 0 heterocycles. The number of nitrogens with one attached hydrogen (secondary N) is 1. The molecule has 3 nitrogen and oxygen atoms in total. The summed E-state index contributed by atoms with van der Waals surface area (Å²) in [5.74, 6) is 0.942. The summed E-state index contributed by atoms with van der Waals surface area (Å²) in [6.07, 6.45) is 1.76. The molecule has 116 valence electrons. The van der Waals surface area contributed by atoms with Crippen LogP contribution < -0.4 is 10.1 Å². The highest BCUT2D eigenvalue weighted by atomic mass is 16.5. The summed E-state index contributed by atoms with van der Waals surface area (Å²) in [7, 11) is 0. The average Bonchev–Trinajstić information content (AvgIpc) is 2.45. The van der Waals surface area contributed by atoms with Crippen molar-refractivity contribution in [1.82, 2.24) is 5.32 Å². The van der Waals surface area contributed by atoms with Gasteiger partial charge in [0.05, 0.1) is 18.1 Å². The Kier molecular flexibility index (Phi) is 6.71. The molecule has 21 heavy (non-hydrogen) atoms. The molecule has 0 aliphatic carbocycles. The standard InChI is InChI=1S/C18H28N2O/c1-6-20-15(3)16-8-9-17(14(2)12-16)21-11-7-10-18(4,5)13-19/h8-9,12,15,20H,6-7,10-11H2,1-5H3. The van der Waals surface area contributed by atoms with Gasteiger partial charge in [0.15, 0.2) is 0 Å². The van der Waals surface area contributed by atoms with Crippen molar-refractivity contribution in [3.8, 4) is 11.8 Å². The third kappa shape index (κ3) is 5.77. The SMILES string of the molecule is CCNC(C)c1ccc(OCCCC(C)(C)C#N)c(C)c1. The Labute approximate surface area is 129 Å². The van der Waals surface area contributed by atoms with Crippen molar-refractivity contribution in [2.75, 3.05) is 13.2 Å². The molecule has 0 saturated heterocycles. The molecule has 0 spiro atoms. The van der Waals surface area contributed by atoms with E-state index in [4.69, 9.17) is 10.00 Å². The molecular weight excluding hydrogens is 260 g/mol. The van der Waals surface area contributed by atoms with Gasteiger partial charge in [0, 0.05) is 6.04 Å². The van der Waals surface area contributed by atoms with Gasteiger partial charge in [-0.1, -0.05) is 19.1 Å². The Bertz CT molecular complexity index is 488. The minimum absolute atomic E-state index is 0.260. The van der Waals surface area contributed by atoms with Crippen LogP contribution in [-0.4, -0.2) is 13.2 Å². The molecule has 0 radical (unpaired) electrons. The Hall–Kier alpha value is -1.53. The summed E-state index contributed by atoms with van der Waals surface area (Å²) in [5, 5.41) is 12.4. The lowest BCUT2D eigenvalue weighted by atomic mass is 9.90. The third-order valence-corrected chi connectivity index (χ3v) is 3.72. The van der Waals surface area contributed by atoms with E-state index in [2.05, 4.69) is 44.3 Å². The molecule has 0 aromatic heterocycles. The van der Waals surface area contributed by atoms with Crippen LogP contribution in [0.4, 0.5) is 0 Å². The molecule has 1 aromatic rings. The van der Waals surface area contributed by atoms with Crippen molar-refractivity contribution in [2.24, 2.45) is 5.41 Å². The van der Waals surface area contributed by atoms with Crippen LogP contribution in [0.5, 0.6) is 5.75 Å². The van der Waals surface area contributed by atoms with Gasteiger partial charge in [-0.25, -0.2) is 0 Å². The van der Waals surface area contributed by atoms with Crippen molar-refractivity contribution in [3.05, 3.63) is 29.3 Å². The number of hydrogen-bond donors (Lipinski definition) is 1. The van der Waals surface area contributed by atoms with Gasteiger partial charge in [0.25, 0.3) is 0 Å². The third-order valence-electron chi connectivity index (χ3n) is 3.72. The molecule has 0 fully saturated rings. The summed E-state index contributed by atoms with van der Waals surface area (Å²) in [5.41, 5.74) is 2.19. The van der Waals surface area contributed by atoms with Gasteiger partial charge in [-0.05, 0) is 64.3 Å². The lowest BCUT2D eigenvalue weighted by Crippen LogP contribution is -2.17. The molecule has 0 aliphatic rings. The maximum atomic E-state index is 8.98. The molecule has 1 atom stereocenters. The first-order valence-corrected chi connectivity index (χ1v) is 7.77. The van der Waals surface area contributed by atoms with Crippen molar-refractivity contribution in [2.45, 2.75) is 53.5 Å². The van der Waals surface area contributed by atoms with Crippen LogP contribution in [0.1, 0.15) is 57.7 Å². The summed E-state index contributed by atoms with van der Waals surface area (Å²) in [6, 6.07) is 9.03. The first-order valence-electron chi connectivity index (χ1n) is 7.77. The number of nitriles is 1. The highest BCUT2D eigenvalue weighted by molar-refractivity contribution is 5.37. The molecular formula is C18H28N2O. The molecule has 3 heteroatoms. The van der Waals surface area contributed by atoms with E-state index in [0.717, 1.165) is 30.7 Å². The Morgan fingerprint density at radius 3 is 2.67 bits per heavy atom. The fourth-order valence-electron chi connectivity index (χ4n) is 2.28. The predicted molar refractivity (Wildman–Crippen MR) is 87.4 cm³/mol. The van der Waals surface area contributed by atoms with E-state index in [-0.39, 0.29) is 5.41 Å². The van der Waals surface area contributed by atoms with Crippen LogP contribution >= 0.6 is 0 Å². The van der Waals surface area contributed by atoms with Crippen LogP contribution in [0.15, 0.2) is 18.2 Å². The number of hydrogen-bond acceptors (Lipinski definition) is 3. The molecule has 0 saturated carbocycles. The number of ether oxygens (including phenoxy) is 1. The minimum Gasteiger partial charge on any atom is -0.493 e. The summed E-state index contributed by atoms with van der Waals surface area (Å²) in [4.78, 5) is 0. The monoisotopic (exact) mass is 288 g/mol. The van der Waals surface area contributed by atoms with E-state index in [9.17, 15) is 0 Å². The van der Waals surface area contributed by atoms with Crippen molar-refractivity contribution >= 4 is 0 Å². The summed E-state index contributed by atoms with van der Waals surface area (Å²) < 4.78 is 5.84. The molecule has 0 amide bonds. The zero-order chi connectivity index (χ0) is 15.9. The Morgan fingerprint density at radius 2 is 2.10 bits per heavy atom. The topological polar surface area (TPSA) is 45.0 Å². The lowest BCUT2D eigenvalue weighted by molar-refractivity contribution is 0.282. The lowest BCUT2D eigenvalue weighted by Gasteiger charge is -2.17. The van der Waals surface area contributed by atoms with E-state index in [1.54, 1.807) is 0 Å². The number of rotatable bonds is 8. The van der Waals surface area contributed by atoms with E-state index in [1.165, 1.54) is 5.56 Å². The first kappa shape index (κ1) is 17.5. The highest BCUT2D eigenvalue weighted by Gasteiger charge is 2.15. The summed E-state index contributed by atoms with van der Waals surface area (Å²) in [6.45, 7) is 11.9. The zero-order valence-electron chi connectivity index (χ0n) is 14.0. The smallest absolute Gasteiger partial charge is 0.122 e. The van der Waals surface area contributed by atoms with E-state index in [0.29, 0.717) is 12.6 Å². The molecule has 0 aliphatic heterocycles. The normalized spacial score (nSPS) is 12.8. The Morgan fingerprint density at radius 1 is 1.38 bits per heavy atom. The minimum atomic E-state index is -0.260. The number of benzene rings is 1. The number of aryl methyl sites for hydroxylation is 1. The number of nitrogens with zero attached hydrogens (tertiary/aromatic N) is 1.